The smallest absolute Gasteiger partial charge is 0.335 e. The molecule has 0 bridgehead atoms. The molecule has 0 amide bonds. The van der Waals surface area contributed by atoms with Crippen molar-refractivity contribution in [1.82, 2.24) is 5.32 Å². The molecule has 0 aromatic heterocycles. The zero-order valence-corrected chi connectivity index (χ0v) is 14.2. The quantitative estimate of drug-likeness (QED) is 0.810. The maximum Gasteiger partial charge on any atom is 0.335 e. The van der Waals surface area contributed by atoms with Crippen molar-refractivity contribution in [3.8, 4) is 0 Å². The van der Waals surface area contributed by atoms with E-state index in [1.54, 1.807) is 7.11 Å². The van der Waals surface area contributed by atoms with Crippen LogP contribution in [0.5, 0.6) is 0 Å². The van der Waals surface area contributed by atoms with Crippen molar-refractivity contribution in [2.75, 3.05) is 20.3 Å². The summed E-state index contributed by atoms with van der Waals surface area (Å²) in [7, 11) is 1.77. The van der Waals surface area contributed by atoms with E-state index >= 15 is 0 Å². The number of ether oxygens (including phenoxy) is 2. The van der Waals surface area contributed by atoms with E-state index in [0.29, 0.717) is 12.5 Å². The van der Waals surface area contributed by atoms with E-state index in [-0.39, 0.29) is 12.1 Å². The monoisotopic (exact) mass is 309 g/mol. The molecule has 22 heavy (non-hydrogen) atoms. The molecule has 1 fully saturated rings. The van der Waals surface area contributed by atoms with Crippen LogP contribution in [0.25, 0.3) is 0 Å². The first-order valence-electron chi connectivity index (χ1n) is 8.94. The van der Waals surface area contributed by atoms with Crippen LogP contribution in [0.4, 0.5) is 0 Å². The first-order valence-corrected chi connectivity index (χ1v) is 8.94. The number of carbonyl (C=O) groups excluding carboxylic acids is 1. The summed E-state index contributed by atoms with van der Waals surface area (Å²) in [5.74, 6) is 0.188. The van der Waals surface area contributed by atoms with Gasteiger partial charge in [0.2, 0.25) is 0 Å². The van der Waals surface area contributed by atoms with E-state index in [0.717, 1.165) is 37.1 Å². The minimum atomic E-state index is -0.135. The SMILES string of the molecule is CCOC(=O)/C1=C2\NCC(OC)C2CCCCCCCCC1. The van der Waals surface area contributed by atoms with Gasteiger partial charge in [-0.15, -0.1) is 0 Å². The number of nitrogens with one attached hydrogen (secondary N) is 1. The Morgan fingerprint density at radius 1 is 1.14 bits per heavy atom. The summed E-state index contributed by atoms with van der Waals surface area (Å²) < 4.78 is 10.9. The van der Waals surface area contributed by atoms with Crippen LogP contribution < -0.4 is 5.32 Å². The third-order valence-electron chi connectivity index (χ3n) is 4.90. The van der Waals surface area contributed by atoms with Gasteiger partial charge in [-0.2, -0.15) is 0 Å². The summed E-state index contributed by atoms with van der Waals surface area (Å²) in [5.41, 5.74) is 1.97. The molecule has 0 radical (unpaired) electrons. The second kappa shape index (κ2) is 9.19. The summed E-state index contributed by atoms with van der Waals surface area (Å²) in [4.78, 5) is 12.4. The fourth-order valence-corrected chi connectivity index (χ4v) is 3.69. The van der Waals surface area contributed by atoms with Crippen molar-refractivity contribution in [3.05, 3.63) is 11.3 Å². The molecule has 126 valence electrons. The molecule has 1 aliphatic carbocycles. The number of rotatable bonds is 3. The van der Waals surface area contributed by atoms with E-state index in [9.17, 15) is 4.79 Å². The van der Waals surface area contributed by atoms with E-state index in [1.807, 2.05) is 6.92 Å². The predicted octanol–water partition coefficient (Wildman–Crippen LogP) is 3.56. The van der Waals surface area contributed by atoms with Crippen LogP contribution in [0.1, 0.15) is 64.7 Å². The molecule has 1 saturated heterocycles. The number of esters is 1. The average Bonchev–Trinajstić information content (AvgIpc) is 2.90. The summed E-state index contributed by atoms with van der Waals surface area (Å²) in [6, 6.07) is 0. The van der Waals surface area contributed by atoms with Gasteiger partial charge in [0.25, 0.3) is 0 Å². The second-order valence-electron chi connectivity index (χ2n) is 6.39. The summed E-state index contributed by atoms with van der Waals surface area (Å²) >= 11 is 0. The first kappa shape index (κ1) is 17.3. The van der Waals surface area contributed by atoms with Gasteiger partial charge < -0.3 is 14.8 Å². The Hall–Kier alpha value is -1.03. The highest BCUT2D eigenvalue weighted by Gasteiger charge is 2.34. The second-order valence-corrected chi connectivity index (χ2v) is 6.39. The molecule has 1 aliphatic heterocycles. The maximum atomic E-state index is 12.4. The van der Waals surface area contributed by atoms with Crippen LogP contribution in [-0.2, 0) is 14.3 Å². The van der Waals surface area contributed by atoms with Gasteiger partial charge in [-0.1, -0.05) is 38.5 Å². The van der Waals surface area contributed by atoms with Crippen molar-refractivity contribution in [2.45, 2.75) is 70.8 Å². The van der Waals surface area contributed by atoms with Crippen LogP contribution in [-0.4, -0.2) is 32.3 Å². The van der Waals surface area contributed by atoms with Crippen LogP contribution in [0.3, 0.4) is 0 Å². The molecule has 2 unspecified atom stereocenters. The Morgan fingerprint density at radius 2 is 1.82 bits per heavy atom. The Balaban J connectivity index is 2.22. The number of hydrogen-bond acceptors (Lipinski definition) is 4. The number of hydrogen-bond donors (Lipinski definition) is 1. The van der Waals surface area contributed by atoms with Crippen molar-refractivity contribution in [1.29, 1.82) is 0 Å². The minimum Gasteiger partial charge on any atom is -0.463 e. The van der Waals surface area contributed by atoms with Gasteiger partial charge in [-0.25, -0.2) is 4.79 Å². The molecule has 0 saturated carbocycles. The minimum absolute atomic E-state index is 0.135. The Bertz CT molecular complexity index is 392. The molecule has 1 N–H and O–H groups in total. The molecule has 4 nitrogen and oxygen atoms in total. The Labute approximate surface area is 134 Å². The van der Waals surface area contributed by atoms with E-state index < -0.39 is 0 Å². The highest BCUT2D eigenvalue weighted by Crippen LogP contribution is 2.32. The zero-order chi connectivity index (χ0) is 15.8. The normalized spacial score (nSPS) is 30.6. The zero-order valence-electron chi connectivity index (χ0n) is 14.2. The molecule has 2 atom stereocenters. The van der Waals surface area contributed by atoms with Gasteiger partial charge in [0.15, 0.2) is 0 Å². The Morgan fingerprint density at radius 3 is 2.50 bits per heavy atom. The summed E-state index contributed by atoms with van der Waals surface area (Å²) in [6.07, 6.45) is 10.8. The molecule has 0 aromatic rings. The summed E-state index contributed by atoms with van der Waals surface area (Å²) in [5, 5.41) is 3.45. The molecule has 4 heteroatoms. The van der Waals surface area contributed by atoms with E-state index in [4.69, 9.17) is 9.47 Å². The highest BCUT2D eigenvalue weighted by molar-refractivity contribution is 5.89. The van der Waals surface area contributed by atoms with Crippen molar-refractivity contribution in [2.24, 2.45) is 5.92 Å². The average molecular weight is 309 g/mol. The molecular formula is C18H31NO3. The molecule has 2 rings (SSSR count). The van der Waals surface area contributed by atoms with Gasteiger partial charge in [-0.05, 0) is 26.2 Å². The lowest BCUT2D eigenvalue weighted by molar-refractivity contribution is -0.138. The van der Waals surface area contributed by atoms with Crippen LogP contribution in [0.2, 0.25) is 0 Å². The molecule has 1 heterocycles. The fraction of sp³-hybridized carbons (Fsp3) is 0.833. The lowest BCUT2D eigenvalue weighted by Crippen LogP contribution is -2.22. The maximum absolute atomic E-state index is 12.4. The lowest BCUT2D eigenvalue weighted by Gasteiger charge is -2.21. The predicted molar refractivity (Wildman–Crippen MR) is 87.5 cm³/mol. The third kappa shape index (κ3) is 4.48. The van der Waals surface area contributed by atoms with Gasteiger partial charge in [0.1, 0.15) is 0 Å². The standard InChI is InChI=1S/C18H31NO3/c1-3-22-18(20)15-12-10-8-6-4-5-7-9-11-14-16(21-2)13-19-17(14)15/h14,16,19H,3-13H2,1-2H3/b17-15-. The van der Waals surface area contributed by atoms with Gasteiger partial charge >= 0.3 is 5.97 Å². The highest BCUT2D eigenvalue weighted by atomic mass is 16.5. The largest absolute Gasteiger partial charge is 0.463 e. The summed E-state index contributed by atoms with van der Waals surface area (Å²) in [6.45, 7) is 3.11. The topological polar surface area (TPSA) is 47.6 Å². The van der Waals surface area contributed by atoms with Gasteiger partial charge in [-0.3, -0.25) is 0 Å². The molecule has 2 aliphatic rings. The number of methoxy groups -OCH3 is 1. The fourth-order valence-electron chi connectivity index (χ4n) is 3.69. The van der Waals surface area contributed by atoms with E-state index in [1.165, 1.54) is 38.5 Å². The van der Waals surface area contributed by atoms with Crippen molar-refractivity contribution in [3.63, 3.8) is 0 Å². The van der Waals surface area contributed by atoms with Crippen LogP contribution in [0, 0.1) is 5.92 Å². The number of carbonyl (C=O) groups is 1. The Kier molecular flexibility index (Phi) is 7.23. The first-order chi connectivity index (χ1) is 10.8. The molecule has 0 aromatic carbocycles. The number of fused-ring (bicyclic) bond motifs is 1. The molecule has 0 spiro atoms. The molecular weight excluding hydrogens is 278 g/mol. The van der Waals surface area contributed by atoms with E-state index in [2.05, 4.69) is 5.32 Å². The van der Waals surface area contributed by atoms with Gasteiger partial charge in [0.05, 0.1) is 18.3 Å². The van der Waals surface area contributed by atoms with Crippen LogP contribution >= 0.6 is 0 Å². The van der Waals surface area contributed by atoms with Crippen molar-refractivity contribution < 1.29 is 14.3 Å². The van der Waals surface area contributed by atoms with Gasteiger partial charge in [0, 0.05) is 25.3 Å². The lowest BCUT2D eigenvalue weighted by atomic mass is 9.90. The van der Waals surface area contributed by atoms with Crippen molar-refractivity contribution >= 4 is 5.97 Å². The third-order valence-corrected chi connectivity index (χ3v) is 4.90. The van der Waals surface area contributed by atoms with Crippen LogP contribution in [0.15, 0.2) is 11.3 Å².